The maximum absolute atomic E-state index is 5.82. The Hall–Kier alpha value is -0.900. The second kappa shape index (κ2) is 6.15. The maximum Gasteiger partial charge on any atom is 0.113 e. The van der Waals surface area contributed by atoms with Crippen molar-refractivity contribution >= 4 is 22.9 Å². The van der Waals surface area contributed by atoms with E-state index in [0.29, 0.717) is 0 Å². The Balaban J connectivity index is 1.81. The molecule has 0 aliphatic heterocycles. The molecule has 0 unspecified atom stereocenters. The third-order valence-corrected chi connectivity index (χ3v) is 3.68. The molecule has 0 aliphatic rings. The van der Waals surface area contributed by atoms with Crippen LogP contribution in [-0.4, -0.2) is 4.98 Å². The fourth-order valence-electron chi connectivity index (χ4n) is 1.58. The van der Waals surface area contributed by atoms with Crippen LogP contribution in [0.2, 0.25) is 4.34 Å². The van der Waals surface area contributed by atoms with E-state index in [1.807, 2.05) is 0 Å². The quantitative estimate of drug-likeness (QED) is 0.894. The van der Waals surface area contributed by atoms with Crippen molar-refractivity contribution in [2.45, 2.75) is 26.4 Å². The van der Waals surface area contributed by atoms with Crippen molar-refractivity contribution < 1.29 is 0 Å². The van der Waals surface area contributed by atoms with Gasteiger partial charge in [-0.3, -0.25) is 0 Å². The number of hydrogen-bond donors (Lipinski definition) is 1. The molecule has 0 spiro atoms. The molecule has 2 nitrogen and oxygen atoms in total. The van der Waals surface area contributed by atoms with E-state index in [1.165, 1.54) is 22.5 Å². The second-order valence-electron chi connectivity index (χ2n) is 3.83. The van der Waals surface area contributed by atoms with E-state index in [4.69, 9.17) is 11.6 Å². The molecular weight excluding hydrogens is 252 g/mol. The van der Waals surface area contributed by atoms with Crippen molar-refractivity contribution in [3.05, 3.63) is 50.9 Å². The summed E-state index contributed by atoms with van der Waals surface area (Å²) in [5.41, 5.74) is 2.67. The molecule has 1 heterocycles. The Kier molecular flexibility index (Phi) is 4.54. The average Bonchev–Trinajstić information content (AvgIpc) is 2.76. The molecule has 0 saturated heterocycles. The highest BCUT2D eigenvalue weighted by molar-refractivity contribution is 7.15. The first-order valence-electron chi connectivity index (χ1n) is 5.66. The van der Waals surface area contributed by atoms with Gasteiger partial charge in [0.15, 0.2) is 0 Å². The van der Waals surface area contributed by atoms with Gasteiger partial charge in [0.25, 0.3) is 0 Å². The van der Waals surface area contributed by atoms with E-state index in [0.717, 1.165) is 28.9 Å². The number of thiazole rings is 1. The highest BCUT2D eigenvalue weighted by Gasteiger charge is 1.99. The first kappa shape index (κ1) is 12.6. The number of nitrogens with zero attached hydrogens (tertiary/aromatic N) is 1. The minimum absolute atomic E-state index is 0.745. The highest BCUT2D eigenvalue weighted by Crippen LogP contribution is 2.17. The summed E-state index contributed by atoms with van der Waals surface area (Å²) in [6.07, 6.45) is 2.78. The van der Waals surface area contributed by atoms with Crippen LogP contribution in [0.1, 0.15) is 23.1 Å². The maximum atomic E-state index is 5.82. The second-order valence-corrected chi connectivity index (χ2v) is 5.58. The first-order chi connectivity index (χ1) is 8.28. The van der Waals surface area contributed by atoms with Gasteiger partial charge in [0.1, 0.15) is 9.34 Å². The van der Waals surface area contributed by atoms with Crippen molar-refractivity contribution in [2.75, 3.05) is 0 Å². The van der Waals surface area contributed by atoms with E-state index in [1.54, 1.807) is 6.20 Å². The SMILES string of the molecule is CCc1ccc(CNCc2ncc(Cl)s2)cc1. The van der Waals surface area contributed by atoms with E-state index < -0.39 is 0 Å². The zero-order chi connectivity index (χ0) is 12.1. The summed E-state index contributed by atoms with van der Waals surface area (Å²) in [6.45, 7) is 3.80. The Morgan fingerprint density at radius 2 is 1.88 bits per heavy atom. The minimum Gasteiger partial charge on any atom is -0.306 e. The average molecular weight is 267 g/mol. The lowest BCUT2D eigenvalue weighted by Crippen LogP contribution is -2.12. The number of rotatable bonds is 5. The van der Waals surface area contributed by atoms with Crippen LogP contribution in [0.5, 0.6) is 0 Å². The molecule has 4 heteroatoms. The Morgan fingerprint density at radius 1 is 1.18 bits per heavy atom. The van der Waals surface area contributed by atoms with Gasteiger partial charge in [0, 0.05) is 13.1 Å². The van der Waals surface area contributed by atoms with Gasteiger partial charge in [0.2, 0.25) is 0 Å². The lowest BCUT2D eigenvalue weighted by molar-refractivity contribution is 0.690. The fraction of sp³-hybridized carbons (Fsp3) is 0.308. The summed E-state index contributed by atoms with van der Waals surface area (Å²) in [4.78, 5) is 4.20. The van der Waals surface area contributed by atoms with Gasteiger partial charge in [-0.15, -0.1) is 11.3 Å². The number of halogens is 1. The molecule has 17 heavy (non-hydrogen) atoms. The van der Waals surface area contributed by atoms with Crippen molar-refractivity contribution in [1.82, 2.24) is 10.3 Å². The molecule has 2 rings (SSSR count). The van der Waals surface area contributed by atoms with Crippen molar-refractivity contribution in [3.8, 4) is 0 Å². The van der Waals surface area contributed by atoms with Crippen LogP contribution in [0, 0.1) is 0 Å². The fourth-order valence-corrected chi connectivity index (χ4v) is 2.50. The molecule has 2 aromatic rings. The van der Waals surface area contributed by atoms with Gasteiger partial charge in [-0.25, -0.2) is 4.98 Å². The van der Waals surface area contributed by atoms with Crippen LogP contribution in [0.25, 0.3) is 0 Å². The summed E-state index contributed by atoms with van der Waals surface area (Å²) in [7, 11) is 0. The van der Waals surface area contributed by atoms with Gasteiger partial charge in [-0.05, 0) is 17.5 Å². The lowest BCUT2D eigenvalue weighted by Gasteiger charge is -2.04. The van der Waals surface area contributed by atoms with Crippen LogP contribution in [0.15, 0.2) is 30.5 Å². The zero-order valence-electron chi connectivity index (χ0n) is 9.74. The molecule has 1 aromatic heterocycles. The van der Waals surface area contributed by atoms with Gasteiger partial charge >= 0.3 is 0 Å². The van der Waals surface area contributed by atoms with E-state index in [-0.39, 0.29) is 0 Å². The van der Waals surface area contributed by atoms with Crippen LogP contribution in [0.4, 0.5) is 0 Å². The molecule has 90 valence electrons. The number of hydrogen-bond acceptors (Lipinski definition) is 3. The predicted octanol–water partition coefficient (Wildman–Crippen LogP) is 3.65. The third kappa shape index (κ3) is 3.80. The standard InChI is InChI=1S/C13H15ClN2S/c1-2-10-3-5-11(6-4-10)7-15-9-13-16-8-12(14)17-13/h3-6,8,15H,2,7,9H2,1H3. The summed E-state index contributed by atoms with van der Waals surface area (Å²) in [5, 5.41) is 4.39. The van der Waals surface area contributed by atoms with Crippen LogP contribution >= 0.6 is 22.9 Å². The van der Waals surface area contributed by atoms with Gasteiger partial charge in [-0.1, -0.05) is 42.8 Å². The molecule has 0 fully saturated rings. The molecule has 0 saturated carbocycles. The van der Waals surface area contributed by atoms with Crippen molar-refractivity contribution in [2.24, 2.45) is 0 Å². The predicted molar refractivity (Wildman–Crippen MR) is 73.5 cm³/mol. The zero-order valence-corrected chi connectivity index (χ0v) is 11.3. The summed E-state index contributed by atoms with van der Waals surface area (Å²) >= 11 is 7.34. The normalized spacial score (nSPS) is 10.7. The summed E-state index contributed by atoms with van der Waals surface area (Å²) < 4.78 is 0.745. The lowest BCUT2D eigenvalue weighted by atomic mass is 10.1. The van der Waals surface area contributed by atoms with Crippen molar-refractivity contribution in [3.63, 3.8) is 0 Å². The van der Waals surface area contributed by atoms with E-state index >= 15 is 0 Å². The monoisotopic (exact) mass is 266 g/mol. The Labute approximate surface area is 111 Å². The number of nitrogens with one attached hydrogen (secondary N) is 1. The number of benzene rings is 1. The van der Waals surface area contributed by atoms with Crippen LogP contribution < -0.4 is 5.32 Å². The first-order valence-corrected chi connectivity index (χ1v) is 6.86. The smallest absolute Gasteiger partial charge is 0.113 e. The van der Waals surface area contributed by atoms with Gasteiger partial charge in [-0.2, -0.15) is 0 Å². The molecule has 0 radical (unpaired) electrons. The Morgan fingerprint density at radius 3 is 2.47 bits per heavy atom. The van der Waals surface area contributed by atoms with Crippen LogP contribution in [0.3, 0.4) is 0 Å². The Bertz CT molecular complexity index is 465. The molecule has 1 N–H and O–H groups in total. The largest absolute Gasteiger partial charge is 0.306 e. The molecule has 0 amide bonds. The molecular formula is C13H15ClN2S. The van der Waals surface area contributed by atoms with Crippen molar-refractivity contribution in [1.29, 1.82) is 0 Å². The molecule has 0 aliphatic carbocycles. The highest BCUT2D eigenvalue weighted by atomic mass is 35.5. The summed E-state index contributed by atoms with van der Waals surface area (Å²) in [6, 6.07) is 8.69. The van der Waals surface area contributed by atoms with E-state index in [9.17, 15) is 0 Å². The summed E-state index contributed by atoms with van der Waals surface area (Å²) in [5.74, 6) is 0. The molecule has 0 bridgehead atoms. The molecule has 0 atom stereocenters. The van der Waals surface area contributed by atoms with Crippen LogP contribution in [-0.2, 0) is 19.5 Å². The number of aryl methyl sites for hydroxylation is 1. The third-order valence-electron chi connectivity index (χ3n) is 2.56. The van der Waals surface area contributed by atoms with Gasteiger partial charge in [0.05, 0.1) is 6.20 Å². The van der Waals surface area contributed by atoms with E-state index in [2.05, 4.69) is 41.5 Å². The minimum atomic E-state index is 0.745. The number of aromatic nitrogens is 1. The topological polar surface area (TPSA) is 24.9 Å². The van der Waals surface area contributed by atoms with Gasteiger partial charge < -0.3 is 5.32 Å². The molecule has 1 aromatic carbocycles.